The number of nitro groups is 1. The molecule has 1 aliphatic carbocycles. The summed E-state index contributed by atoms with van der Waals surface area (Å²) in [5.74, 6) is 0. The fraction of sp³-hybridized carbons (Fsp3) is 0.385. The molecule has 5 nitrogen and oxygen atoms in total. The maximum absolute atomic E-state index is 10.5. The molecule has 2 rings (SSSR count). The molecular weight excluding hydrogens is 232 g/mol. The van der Waals surface area contributed by atoms with Crippen LogP contribution in [0.1, 0.15) is 24.5 Å². The summed E-state index contributed by atoms with van der Waals surface area (Å²) in [7, 11) is 0. The molecule has 96 valence electrons. The van der Waals surface area contributed by atoms with Crippen molar-refractivity contribution in [2.75, 3.05) is 6.54 Å². The molecule has 0 radical (unpaired) electrons. The highest BCUT2D eigenvalue weighted by atomic mass is 16.6. The molecule has 1 unspecified atom stereocenters. The second kappa shape index (κ2) is 5.75. The highest BCUT2D eigenvalue weighted by Crippen LogP contribution is 2.18. The lowest BCUT2D eigenvalue weighted by Gasteiger charge is -2.16. The molecule has 1 aromatic carbocycles. The zero-order valence-corrected chi connectivity index (χ0v) is 9.95. The molecule has 1 aliphatic rings. The minimum absolute atomic E-state index is 0.0407. The van der Waals surface area contributed by atoms with Crippen LogP contribution in [-0.4, -0.2) is 22.6 Å². The first-order chi connectivity index (χ1) is 8.66. The van der Waals surface area contributed by atoms with E-state index >= 15 is 0 Å². The minimum Gasteiger partial charge on any atom is -0.387 e. The van der Waals surface area contributed by atoms with E-state index in [0.717, 1.165) is 12.8 Å². The molecule has 2 N–H and O–H groups in total. The summed E-state index contributed by atoms with van der Waals surface area (Å²) in [6.45, 7) is 0.462. The van der Waals surface area contributed by atoms with Gasteiger partial charge >= 0.3 is 0 Å². The Morgan fingerprint density at radius 2 is 1.94 bits per heavy atom. The minimum atomic E-state index is -0.633. The summed E-state index contributed by atoms with van der Waals surface area (Å²) in [4.78, 5) is 10.1. The van der Waals surface area contributed by atoms with Crippen LogP contribution in [0.3, 0.4) is 0 Å². The van der Waals surface area contributed by atoms with Gasteiger partial charge in [0, 0.05) is 24.7 Å². The first-order valence-electron chi connectivity index (χ1n) is 5.97. The number of hydrogen-bond acceptors (Lipinski definition) is 4. The molecule has 0 saturated heterocycles. The van der Waals surface area contributed by atoms with Gasteiger partial charge in [-0.05, 0) is 30.5 Å². The van der Waals surface area contributed by atoms with Crippen molar-refractivity contribution in [3.63, 3.8) is 0 Å². The third kappa shape index (κ3) is 3.15. The first kappa shape index (κ1) is 12.7. The highest BCUT2D eigenvalue weighted by Gasteiger charge is 2.14. The molecule has 0 saturated carbocycles. The van der Waals surface area contributed by atoms with Gasteiger partial charge in [-0.15, -0.1) is 0 Å². The smallest absolute Gasteiger partial charge is 0.269 e. The van der Waals surface area contributed by atoms with Crippen molar-refractivity contribution in [1.82, 2.24) is 5.32 Å². The van der Waals surface area contributed by atoms with Gasteiger partial charge in [0.05, 0.1) is 11.0 Å². The number of aliphatic hydroxyl groups excluding tert-OH is 1. The van der Waals surface area contributed by atoms with E-state index in [0.29, 0.717) is 18.2 Å². The molecule has 0 heterocycles. The van der Waals surface area contributed by atoms with E-state index in [1.54, 1.807) is 12.1 Å². The first-order valence-corrected chi connectivity index (χ1v) is 5.97. The lowest BCUT2D eigenvalue weighted by atomic mass is 10.1. The van der Waals surface area contributed by atoms with Crippen LogP contribution in [0.15, 0.2) is 36.4 Å². The Bertz CT molecular complexity index is 434. The predicted molar refractivity (Wildman–Crippen MR) is 68.2 cm³/mol. The van der Waals surface area contributed by atoms with Crippen molar-refractivity contribution in [3.05, 3.63) is 52.1 Å². The largest absolute Gasteiger partial charge is 0.387 e. The Kier molecular flexibility index (Phi) is 4.07. The van der Waals surface area contributed by atoms with Gasteiger partial charge in [-0.25, -0.2) is 0 Å². The van der Waals surface area contributed by atoms with Crippen molar-refractivity contribution in [2.45, 2.75) is 25.0 Å². The van der Waals surface area contributed by atoms with Crippen LogP contribution in [0.4, 0.5) is 5.69 Å². The fourth-order valence-corrected chi connectivity index (χ4v) is 2.00. The van der Waals surface area contributed by atoms with Gasteiger partial charge in [0.1, 0.15) is 0 Å². The SMILES string of the molecule is O=[N+]([O-])c1ccc(C(O)CNC2CC=CC2)cc1. The van der Waals surface area contributed by atoms with Crippen molar-refractivity contribution < 1.29 is 10.0 Å². The number of nitro benzene ring substituents is 1. The van der Waals surface area contributed by atoms with E-state index in [1.165, 1.54) is 12.1 Å². The lowest BCUT2D eigenvalue weighted by Crippen LogP contribution is -2.30. The Hall–Kier alpha value is -1.72. The van der Waals surface area contributed by atoms with Gasteiger partial charge in [-0.1, -0.05) is 12.2 Å². The maximum Gasteiger partial charge on any atom is 0.269 e. The zero-order chi connectivity index (χ0) is 13.0. The molecule has 0 aromatic heterocycles. The monoisotopic (exact) mass is 248 g/mol. The molecule has 0 bridgehead atoms. The zero-order valence-electron chi connectivity index (χ0n) is 9.95. The summed E-state index contributed by atoms with van der Waals surface area (Å²) >= 11 is 0. The van der Waals surface area contributed by atoms with E-state index in [4.69, 9.17) is 0 Å². The van der Waals surface area contributed by atoms with Gasteiger partial charge in [0.15, 0.2) is 0 Å². The summed E-state index contributed by atoms with van der Waals surface area (Å²) in [5.41, 5.74) is 0.734. The van der Waals surface area contributed by atoms with Gasteiger partial charge in [0.2, 0.25) is 0 Å². The normalized spacial score (nSPS) is 16.9. The molecule has 0 fully saturated rings. The van der Waals surface area contributed by atoms with E-state index in [2.05, 4.69) is 17.5 Å². The molecule has 1 atom stereocenters. The molecule has 0 spiro atoms. The van der Waals surface area contributed by atoms with Crippen LogP contribution in [0.5, 0.6) is 0 Å². The van der Waals surface area contributed by atoms with E-state index < -0.39 is 11.0 Å². The molecule has 18 heavy (non-hydrogen) atoms. The lowest BCUT2D eigenvalue weighted by molar-refractivity contribution is -0.384. The number of benzene rings is 1. The van der Waals surface area contributed by atoms with Crippen LogP contribution in [0.25, 0.3) is 0 Å². The molecule has 1 aromatic rings. The second-order valence-corrected chi connectivity index (χ2v) is 4.41. The van der Waals surface area contributed by atoms with Gasteiger partial charge < -0.3 is 10.4 Å². The van der Waals surface area contributed by atoms with Gasteiger partial charge in [0.25, 0.3) is 5.69 Å². The average molecular weight is 248 g/mol. The van der Waals surface area contributed by atoms with Crippen molar-refractivity contribution in [3.8, 4) is 0 Å². The Balaban J connectivity index is 1.87. The molecular formula is C13H16N2O3. The summed E-state index contributed by atoms with van der Waals surface area (Å²) < 4.78 is 0. The van der Waals surface area contributed by atoms with Crippen LogP contribution >= 0.6 is 0 Å². The number of rotatable bonds is 5. The topological polar surface area (TPSA) is 75.4 Å². The van der Waals surface area contributed by atoms with E-state index in [9.17, 15) is 15.2 Å². The summed E-state index contributed by atoms with van der Waals surface area (Å²) in [6.07, 6.45) is 5.60. The second-order valence-electron chi connectivity index (χ2n) is 4.41. The predicted octanol–water partition coefficient (Wildman–Crippen LogP) is 1.94. The Morgan fingerprint density at radius 1 is 1.33 bits per heavy atom. The van der Waals surface area contributed by atoms with Gasteiger partial charge in [-0.3, -0.25) is 10.1 Å². The number of nitrogens with one attached hydrogen (secondary N) is 1. The summed E-state index contributed by atoms with van der Waals surface area (Å²) in [5, 5.41) is 23.7. The van der Waals surface area contributed by atoms with Crippen LogP contribution in [-0.2, 0) is 0 Å². The molecule has 0 aliphatic heterocycles. The van der Waals surface area contributed by atoms with E-state index in [-0.39, 0.29) is 5.69 Å². The van der Waals surface area contributed by atoms with Crippen LogP contribution in [0, 0.1) is 10.1 Å². The standard InChI is InChI=1S/C13H16N2O3/c16-13(9-14-11-3-1-2-4-11)10-5-7-12(8-6-10)15(17)18/h1-2,5-8,11,13-14,16H,3-4,9H2. The van der Waals surface area contributed by atoms with E-state index in [1.807, 2.05) is 0 Å². The summed E-state index contributed by atoms with van der Waals surface area (Å²) in [6, 6.07) is 6.41. The number of aliphatic hydroxyl groups is 1. The maximum atomic E-state index is 10.5. The Morgan fingerprint density at radius 3 is 2.50 bits per heavy atom. The third-order valence-electron chi connectivity index (χ3n) is 3.10. The highest BCUT2D eigenvalue weighted by molar-refractivity contribution is 5.33. The third-order valence-corrected chi connectivity index (χ3v) is 3.10. The number of hydrogen-bond donors (Lipinski definition) is 2. The van der Waals surface area contributed by atoms with Crippen molar-refractivity contribution in [1.29, 1.82) is 0 Å². The van der Waals surface area contributed by atoms with Crippen molar-refractivity contribution >= 4 is 5.69 Å². The van der Waals surface area contributed by atoms with Crippen molar-refractivity contribution in [2.24, 2.45) is 0 Å². The van der Waals surface area contributed by atoms with Gasteiger partial charge in [-0.2, -0.15) is 0 Å². The van der Waals surface area contributed by atoms with Crippen LogP contribution in [0.2, 0.25) is 0 Å². The molecule has 0 amide bonds. The Labute approximate surface area is 105 Å². The van der Waals surface area contributed by atoms with Crippen LogP contribution < -0.4 is 5.32 Å². The average Bonchev–Trinajstić information content (AvgIpc) is 2.89. The fourth-order valence-electron chi connectivity index (χ4n) is 2.00. The quantitative estimate of drug-likeness (QED) is 0.474. The number of non-ortho nitro benzene ring substituents is 1. The molecule has 5 heteroatoms. The number of nitrogens with zero attached hydrogens (tertiary/aromatic N) is 1.